The Morgan fingerprint density at radius 2 is 0.810 bits per heavy atom. The van der Waals surface area contributed by atoms with E-state index in [1.54, 1.807) is 0 Å². The van der Waals surface area contributed by atoms with Gasteiger partial charge in [-0.25, -0.2) is 0 Å². The van der Waals surface area contributed by atoms with Crippen molar-refractivity contribution in [3.05, 3.63) is 215 Å². The molecule has 0 N–H and O–H groups in total. The summed E-state index contributed by atoms with van der Waals surface area (Å²) in [6.45, 7) is 13.6. The van der Waals surface area contributed by atoms with E-state index in [9.17, 15) is 0 Å². The maximum absolute atomic E-state index is 6.64. The Morgan fingerprint density at radius 1 is 0.380 bits per heavy atom. The first-order valence-corrected chi connectivity index (χ1v) is 29.4. The molecule has 0 bridgehead atoms. The second-order valence-electron chi connectivity index (χ2n) is 22.8. The molecule has 12 rings (SSSR count). The smallest absolute Gasteiger partial charge is 0.0722 e. The van der Waals surface area contributed by atoms with E-state index in [-0.39, 0.29) is 10.8 Å². The van der Waals surface area contributed by atoms with E-state index >= 15 is 0 Å². The zero-order chi connectivity index (χ0) is 53.5. The first-order chi connectivity index (χ1) is 39.0. The molecule has 1 aliphatic carbocycles. The zero-order valence-corrected chi connectivity index (χ0v) is 46.4. The van der Waals surface area contributed by atoms with E-state index in [0.717, 1.165) is 111 Å². The van der Waals surface area contributed by atoms with Crippen molar-refractivity contribution < 1.29 is 28.4 Å². The van der Waals surface area contributed by atoms with Crippen LogP contribution in [0.3, 0.4) is 0 Å². The summed E-state index contributed by atoms with van der Waals surface area (Å²) in [6, 6.07) is 68.4. The van der Waals surface area contributed by atoms with Gasteiger partial charge in [0, 0.05) is 37.3 Å². The Balaban J connectivity index is 0.847. The first kappa shape index (κ1) is 53.2. The SMILES string of the molecule is CCC1(COCCCCCOCc2ccc(-c3c4ccccc4c(-c4ccc5c(c4)C(c4ccccc4)(c4ccccc4)c4cc(COCCCCCOCC6(CC)COC6)c6ccccc6c4-5)c4ccccc34)cc2)COC1. The molecule has 9 aromatic carbocycles. The lowest BCUT2D eigenvalue weighted by molar-refractivity contribution is -0.150. The van der Waals surface area contributed by atoms with Gasteiger partial charge < -0.3 is 28.4 Å². The molecule has 404 valence electrons. The fourth-order valence-corrected chi connectivity index (χ4v) is 12.9. The molecule has 0 radical (unpaired) electrons. The molecule has 9 aromatic rings. The van der Waals surface area contributed by atoms with Gasteiger partial charge in [-0.05, 0) is 157 Å². The molecular formula is C73H76O6. The number of unbranched alkanes of at least 4 members (excludes halogenated alkanes) is 4. The number of fused-ring (bicyclic) bond motifs is 7. The normalized spacial score (nSPS) is 15.7. The molecule has 6 nitrogen and oxygen atoms in total. The van der Waals surface area contributed by atoms with Gasteiger partial charge in [0.1, 0.15) is 0 Å². The molecule has 79 heavy (non-hydrogen) atoms. The van der Waals surface area contributed by atoms with Gasteiger partial charge in [0.25, 0.3) is 0 Å². The lowest BCUT2D eigenvalue weighted by Gasteiger charge is -2.40. The third kappa shape index (κ3) is 10.5. The molecule has 2 fully saturated rings. The highest BCUT2D eigenvalue weighted by Gasteiger charge is 2.47. The zero-order valence-electron chi connectivity index (χ0n) is 46.4. The molecule has 6 heteroatoms. The van der Waals surface area contributed by atoms with Crippen LogP contribution in [-0.4, -0.2) is 66.1 Å². The van der Waals surface area contributed by atoms with Crippen molar-refractivity contribution in [1.29, 1.82) is 0 Å². The van der Waals surface area contributed by atoms with Crippen molar-refractivity contribution in [2.24, 2.45) is 10.8 Å². The Labute approximate surface area is 468 Å². The van der Waals surface area contributed by atoms with Crippen molar-refractivity contribution in [1.82, 2.24) is 0 Å². The fraction of sp³-hybridized carbons (Fsp3) is 0.342. The number of hydrogen-bond acceptors (Lipinski definition) is 6. The minimum Gasteiger partial charge on any atom is -0.381 e. The monoisotopic (exact) mass is 1050 g/mol. The molecular weight excluding hydrogens is 973 g/mol. The minimum absolute atomic E-state index is 0.230. The maximum atomic E-state index is 6.64. The van der Waals surface area contributed by atoms with Crippen LogP contribution in [-0.2, 0) is 47.0 Å². The van der Waals surface area contributed by atoms with E-state index < -0.39 is 5.41 Å². The third-order valence-corrected chi connectivity index (χ3v) is 17.7. The lowest BCUT2D eigenvalue weighted by Crippen LogP contribution is -2.45. The largest absolute Gasteiger partial charge is 0.381 e. The molecule has 0 unspecified atom stereocenters. The summed E-state index contributed by atoms with van der Waals surface area (Å²) in [4.78, 5) is 0. The molecule has 0 saturated carbocycles. The van der Waals surface area contributed by atoms with Gasteiger partial charge in [0.2, 0.25) is 0 Å². The van der Waals surface area contributed by atoms with Crippen molar-refractivity contribution in [3.8, 4) is 33.4 Å². The lowest BCUT2D eigenvalue weighted by atomic mass is 9.67. The van der Waals surface area contributed by atoms with Crippen LogP contribution in [0.5, 0.6) is 0 Å². The van der Waals surface area contributed by atoms with Crippen LogP contribution in [0.1, 0.15) is 98.6 Å². The molecule has 0 atom stereocenters. The van der Waals surface area contributed by atoms with Crippen molar-refractivity contribution in [3.63, 3.8) is 0 Å². The maximum Gasteiger partial charge on any atom is 0.0722 e. The van der Waals surface area contributed by atoms with Gasteiger partial charge in [0.15, 0.2) is 0 Å². The summed E-state index contributed by atoms with van der Waals surface area (Å²) in [6.07, 6.45) is 8.55. The minimum atomic E-state index is -0.612. The Kier molecular flexibility index (Phi) is 16.2. The molecule has 0 aromatic heterocycles. The topological polar surface area (TPSA) is 55.4 Å². The fourth-order valence-electron chi connectivity index (χ4n) is 12.9. The van der Waals surface area contributed by atoms with E-state index in [0.29, 0.717) is 19.8 Å². The molecule has 2 heterocycles. The quantitative estimate of drug-likeness (QED) is 0.0398. The van der Waals surface area contributed by atoms with Crippen LogP contribution < -0.4 is 0 Å². The van der Waals surface area contributed by atoms with E-state index in [2.05, 4.69) is 196 Å². The summed E-state index contributed by atoms with van der Waals surface area (Å²) >= 11 is 0. The van der Waals surface area contributed by atoms with Gasteiger partial charge in [-0.15, -0.1) is 0 Å². The predicted octanol–water partition coefficient (Wildman–Crippen LogP) is 17.1. The average Bonchev–Trinajstić information content (AvgIpc) is 2.77. The van der Waals surface area contributed by atoms with Gasteiger partial charge in [-0.2, -0.15) is 0 Å². The van der Waals surface area contributed by atoms with Gasteiger partial charge in [0.05, 0.1) is 58.3 Å². The van der Waals surface area contributed by atoms with E-state index in [1.165, 1.54) is 99.1 Å². The number of rotatable bonds is 26. The van der Waals surface area contributed by atoms with Crippen molar-refractivity contribution in [2.45, 2.75) is 83.8 Å². The summed E-state index contributed by atoms with van der Waals surface area (Å²) in [7, 11) is 0. The predicted molar refractivity (Wildman–Crippen MR) is 323 cm³/mol. The van der Waals surface area contributed by atoms with E-state index in [1.807, 2.05) is 0 Å². The molecule has 2 saturated heterocycles. The van der Waals surface area contributed by atoms with Crippen molar-refractivity contribution >= 4 is 32.3 Å². The van der Waals surface area contributed by atoms with Gasteiger partial charge >= 0.3 is 0 Å². The highest BCUT2D eigenvalue weighted by Crippen LogP contribution is 2.59. The van der Waals surface area contributed by atoms with Crippen LogP contribution in [0.2, 0.25) is 0 Å². The Bertz CT molecular complexity index is 3400. The summed E-state index contributed by atoms with van der Waals surface area (Å²) in [5.74, 6) is 0. The van der Waals surface area contributed by atoms with Crippen LogP contribution in [0.15, 0.2) is 182 Å². The second-order valence-corrected chi connectivity index (χ2v) is 22.8. The van der Waals surface area contributed by atoms with Crippen LogP contribution in [0.4, 0.5) is 0 Å². The molecule has 0 amide bonds. The molecule has 2 aliphatic heterocycles. The highest BCUT2D eigenvalue weighted by atomic mass is 16.5. The summed E-state index contributed by atoms with van der Waals surface area (Å²) < 4.78 is 35.9. The highest BCUT2D eigenvalue weighted by molar-refractivity contribution is 6.21. The standard InChI is InChI=1S/C73H76O6/c1-3-71(49-78-50-71)47-76-41-21-7-19-39-74-45-53-33-35-54(36-34-53)68-61-29-15-17-31-63(61)69(64-32-18-16-30-62(64)68)55-37-38-65-66(43-55)73(57-23-9-5-10-24-57,58-25-11-6-12-26-58)67-44-56(59-27-13-14-28-60(59)70(65)67)46-75-40-20-8-22-42-77-48-72(4-2)51-79-52-72/h5-6,9-18,23-38,43-44H,3-4,7-8,19-22,39-42,45-52H2,1-2H3. The second kappa shape index (κ2) is 24.1. The Hall–Kier alpha value is -6.48. The number of ether oxygens (including phenoxy) is 6. The number of hydrogen-bond donors (Lipinski definition) is 0. The third-order valence-electron chi connectivity index (χ3n) is 17.7. The van der Waals surface area contributed by atoms with Crippen LogP contribution in [0, 0.1) is 10.8 Å². The van der Waals surface area contributed by atoms with Gasteiger partial charge in [-0.1, -0.05) is 190 Å². The average molecular weight is 1050 g/mol. The van der Waals surface area contributed by atoms with Crippen LogP contribution in [0.25, 0.3) is 65.7 Å². The van der Waals surface area contributed by atoms with Gasteiger partial charge in [-0.3, -0.25) is 0 Å². The molecule has 0 spiro atoms. The Morgan fingerprint density at radius 3 is 1.29 bits per heavy atom. The summed E-state index contributed by atoms with van der Waals surface area (Å²) in [5.41, 5.74) is 14.8. The number of benzene rings is 9. The molecule has 3 aliphatic rings. The summed E-state index contributed by atoms with van der Waals surface area (Å²) in [5, 5.41) is 7.46. The van der Waals surface area contributed by atoms with E-state index in [4.69, 9.17) is 28.4 Å². The first-order valence-electron chi connectivity index (χ1n) is 29.4. The van der Waals surface area contributed by atoms with Crippen LogP contribution >= 0.6 is 0 Å². The van der Waals surface area contributed by atoms with Crippen molar-refractivity contribution in [2.75, 3.05) is 66.1 Å².